The van der Waals surface area contributed by atoms with E-state index in [1.165, 1.54) is 0 Å². The summed E-state index contributed by atoms with van der Waals surface area (Å²) in [6, 6.07) is 7.43. The minimum atomic E-state index is -0.100. The highest BCUT2D eigenvalue weighted by atomic mass is 79.9. The minimum absolute atomic E-state index is 0.100. The van der Waals surface area contributed by atoms with E-state index in [0.717, 1.165) is 23.0 Å². The van der Waals surface area contributed by atoms with Crippen LogP contribution in [0.2, 0.25) is 0 Å². The lowest BCUT2D eigenvalue weighted by molar-refractivity contribution is -0.122. The van der Waals surface area contributed by atoms with E-state index in [2.05, 4.69) is 31.9 Å². The number of nitrogens with one attached hydrogen (secondary N) is 3. The van der Waals surface area contributed by atoms with Crippen LogP contribution in [0.4, 0.5) is 5.69 Å². The molecule has 0 spiro atoms. The van der Waals surface area contributed by atoms with Crippen molar-refractivity contribution in [3.8, 4) is 0 Å². The third-order valence-corrected chi connectivity index (χ3v) is 3.44. The largest absolute Gasteiger partial charge is 0.355 e. The Morgan fingerprint density at radius 2 is 2.05 bits per heavy atom. The Bertz CT molecular complexity index is 489. The van der Waals surface area contributed by atoms with E-state index in [1.54, 1.807) is 0 Å². The Kier molecular flexibility index (Phi) is 5.55. The quantitative estimate of drug-likeness (QED) is 0.659. The van der Waals surface area contributed by atoms with Crippen molar-refractivity contribution in [3.63, 3.8) is 0 Å². The molecule has 6 heteroatoms. The van der Waals surface area contributed by atoms with Gasteiger partial charge < -0.3 is 16.0 Å². The van der Waals surface area contributed by atoms with Gasteiger partial charge >= 0.3 is 0 Å². The highest BCUT2D eigenvalue weighted by molar-refractivity contribution is 9.10. The maximum Gasteiger partial charge on any atom is 0.238 e. The number of rotatable bonds is 7. The van der Waals surface area contributed by atoms with Crippen LogP contribution in [0.25, 0.3) is 0 Å². The van der Waals surface area contributed by atoms with E-state index in [1.807, 2.05) is 24.3 Å². The number of hydrogen-bond acceptors (Lipinski definition) is 3. The lowest BCUT2D eigenvalue weighted by Gasteiger charge is -2.08. The molecule has 0 saturated heterocycles. The summed E-state index contributed by atoms with van der Waals surface area (Å²) in [5.74, 6) is 0.261. The van der Waals surface area contributed by atoms with Crippen LogP contribution in [-0.2, 0) is 9.59 Å². The van der Waals surface area contributed by atoms with Crippen LogP contribution in [0.1, 0.15) is 12.8 Å². The second-order valence-electron chi connectivity index (χ2n) is 4.80. The zero-order valence-electron chi connectivity index (χ0n) is 11.1. The summed E-state index contributed by atoms with van der Waals surface area (Å²) >= 11 is 3.35. The van der Waals surface area contributed by atoms with Crippen molar-refractivity contribution in [3.05, 3.63) is 28.7 Å². The van der Waals surface area contributed by atoms with Crippen LogP contribution in [0, 0.1) is 5.92 Å². The summed E-state index contributed by atoms with van der Waals surface area (Å²) in [5.41, 5.74) is 0.758. The first-order chi connectivity index (χ1) is 9.65. The summed E-state index contributed by atoms with van der Waals surface area (Å²) < 4.78 is 0.922. The maximum absolute atomic E-state index is 11.7. The third-order valence-electron chi connectivity index (χ3n) is 2.94. The van der Waals surface area contributed by atoms with Crippen LogP contribution in [-0.4, -0.2) is 31.4 Å². The first-order valence-corrected chi connectivity index (χ1v) is 7.48. The SMILES string of the molecule is O=C(CNCCNC(=O)C1CC1)Nc1cccc(Br)c1. The molecule has 0 bridgehead atoms. The predicted octanol–water partition coefficient (Wildman–Crippen LogP) is 1.50. The lowest BCUT2D eigenvalue weighted by Crippen LogP contribution is -2.36. The number of carbonyl (C=O) groups excluding carboxylic acids is 2. The molecule has 0 radical (unpaired) electrons. The van der Waals surface area contributed by atoms with Gasteiger partial charge in [0.2, 0.25) is 11.8 Å². The molecule has 1 aromatic carbocycles. The van der Waals surface area contributed by atoms with Gasteiger partial charge in [0.15, 0.2) is 0 Å². The second kappa shape index (κ2) is 7.40. The molecule has 0 atom stereocenters. The van der Waals surface area contributed by atoms with Gasteiger partial charge in [0.1, 0.15) is 0 Å². The molecule has 2 amide bonds. The number of carbonyl (C=O) groups is 2. The zero-order valence-corrected chi connectivity index (χ0v) is 12.7. The molecule has 1 saturated carbocycles. The second-order valence-corrected chi connectivity index (χ2v) is 5.72. The maximum atomic E-state index is 11.7. The monoisotopic (exact) mass is 339 g/mol. The highest BCUT2D eigenvalue weighted by Crippen LogP contribution is 2.28. The van der Waals surface area contributed by atoms with Gasteiger partial charge in [-0.3, -0.25) is 9.59 Å². The smallest absolute Gasteiger partial charge is 0.238 e. The first-order valence-electron chi connectivity index (χ1n) is 6.69. The number of amides is 2. The van der Waals surface area contributed by atoms with E-state index in [4.69, 9.17) is 0 Å². The summed E-state index contributed by atoms with van der Waals surface area (Å²) in [4.78, 5) is 23.0. The van der Waals surface area contributed by atoms with Crippen LogP contribution in [0.5, 0.6) is 0 Å². The van der Waals surface area contributed by atoms with Gasteiger partial charge in [0.05, 0.1) is 6.54 Å². The Labute approximate surface area is 126 Å². The molecule has 1 aromatic rings. The van der Waals surface area contributed by atoms with Crippen molar-refractivity contribution in [1.82, 2.24) is 10.6 Å². The number of halogens is 1. The van der Waals surface area contributed by atoms with Gasteiger partial charge in [0, 0.05) is 29.2 Å². The fourth-order valence-corrected chi connectivity index (χ4v) is 2.14. The van der Waals surface area contributed by atoms with Gasteiger partial charge in [-0.25, -0.2) is 0 Å². The van der Waals surface area contributed by atoms with Gasteiger partial charge in [-0.15, -0.1) is 0 Å². The van der Waals surface area contributed by atoms with Gasteiger partial charge in [-0.05, 0) is 31.0 Å². The van der Waals surface area contributed by atoms with Gasteiger partial charge in [-0.2, -0.15) is 0 Å². The molecule has 3 N–H and O–H groups in total. The molecule has 1 aliphatic carbocycles. The average Bonchev–Trinajstić information content (AvgIpc) is 3.22. The summed E-state index contributed by atoms with van der Waals surface area (Å²) in [6.45, 7) is 1.37. The molecule has 2 rings (SSSR count). The predicted molar refractivity (Wildman–Crippen MR) is 81.4 cm³/mol. The molecule has 108 valence electrons. The van der Waals surface area contributed by atoms with Crippen LogP contribution >= 0.6 is 15.9 Å². The van der Waals surface area contributed by atoms with Crippen molar-refractivity contribution in [2.45, 2.75) is 12.8 Å². The number of anilines is 1. The topological polar surface area (TPSA) is 70.2 Å². The fraction of sp³-hybridized carbons (Fsp3) is 0.429. The number of hydrogen-bond donors (Lipinski definition) is 3. The number of benzene rings is 1. The third kappa shape index (κ3) is 5.30. The van der Waals surface area contributed by atoms with Crippen LogP contribution in [0.3, 0.4) is 0 Å². The van der Waals surface area contributed by atoms with Crippen molar-refractivity contribution < 1.29 is 9.59 Å². The molecule has 0 aliphatic heterocycles. The van der Waals surface area contributed by atoms with E-state index >= 15 is 0 Å². The molecule has 1 aliphatic rings. The molecule has 5 nitrogen and oxygen atoms in total. The molecular formula is C14H18BrN3O2. The Hall–Kier alpha value is -1.40. The zero-order chi connectivity index (χ0) is 14.4. The van der Waals surface area contributed by atoms with Crippen molar-refractivity contribution in [1.29, 1.82) is 0 Å². The normalized spacial score (nSPS) is 13.8. The summed E-state index contributed by atoms with van der Waals surface area (Å²) in [6.07, 6.45) is 2.02. The van der Waals surface area contributed by atoms with E-state index in [0.29, 0.717) is 13.1 Å². The molecule has 0 heterocycles. The molecule has 1 fully saturated rings. The standard InChI is InChI=1S/C14H18BrN3O2/c15-11-2-1-3-12(8-11)18-13(19)9-16-6-7-17-14(20)10-4-5-10/h1-3,8,10,16H,4-7,9H2,(H,17,20)(H,18,19). The van der Waals surface area contributed by atoms with E-state index < -0.39 is 0 Å². The minimum Gasteiger partial charge on any atom is -0.355 e. The first kappa shape index (κ1) is 15.0. The molecule has 20 heavy (non-hydrogen) atoms. The highest BCUT2D eigenvalue weighted by Gasteiger charge is 2.28. The van der Waals surface area contributed by atoms with Crippen molar-refractivity contribution in [2.24, 2.45) is 5.92 Å². The van der Waals surface area contributed by atoms with E-state index in [-0.39, 0.29) is 24.3 Å². The van der Waals surface area contributed by atoms with E-state index in [9.17, 15) is 9.59 Å². The van der Waals surface area contributed by atoms with Gasteiger partial charge in [0.25, 0.3) is 0 Å². The molecular weight excluding hydrogens is 322 g/mol. The lowest BCUT2D eigenvalue weighted by atomic mass is 10.3. The fourth-order valence-electron chi connectivity index (χ4n) is 1.74. The average molecular weight is 340 g/mol. The molecule has 0 unspecified atom stereocenters. The van der Waals surface area contributed by atoms with Gasteiger partial charge in [-0.1, -0.05) is 22.0 Å². The summed E-state index contributed by atoms with van der Waals surface area (Å²) in [5, 5.41) is 8.62. The summed E-state index contributed by atoms with van der Waals surface area (Å²) in [7, 11) is 0. The Balaban J connectivity index is 1.57. The van der Waals surface area contributed by atoms with Crippen LogP contribution in [0.15, 0.2) is 28.7 Å². The van der Waals surface area contributed by atoms with Crippen LogP contribution < -0.4 is 16.0 Å². The Morgan fingerprint density at radius 1 is 1.25 bits per heavy atom. The van der Waals surface area contributed by atoms with Crippen molar-refractivity contribution >= 4 is 33.4 Å². The Morgan fingerprint density at radius 3 is 2.75 bits per heavy atom. The van der Waals surface area contributed by atoms with Crippen molar-refractivity contribution in [2.75, 3.05) is 25.0 Å². The molecule has 0 aromatic heterocycles.